The molecule has 0 spiro atoms. The lowest BCUT2D eigenvalue weighted by Crippen LogP contribution is -2.33. The molecule has 0 amide bonds. The van der Waals surface area contributed by atoms with Crippen molar-refractivity contribution in [1.82, 2.24) is 4.31 Å². The Kier molecular flexibility index (Phi) is 4.92. The first kappa shape index (κ1) is 14.0. The number of hydrogen-bond donors (Lipinski definition) is 1. The quantitative estimate of drug-likeness (QED) is 0.770. The molecule has 17 heavy (non-hydrogen) atoms. The van der Waals surface area contributed by atoms with Crippen molar-refractivity contribution in [3.05, 3.63) is 24.3 Å². The van der Waals surface area contributed by atoms with Crippen molar-refractivity contribution in [1.29, 1.82) is 0 Å². The maximum Gasteiger partial charge on any atom is 0.243 e. The SMILES string of the molecule is CCN(CCOC)S(=O)(=O)c1ccc(N)cc1. The van der Waals surface area contributed by atoms with Crippen molar-refractivity contribution in [2.24, 2.45) is 0 Å². The van der Waals surface area contributed by atoms with Crippen LogP contribution in [0, 0.1) is 0 Å². The highest BCUT2D eigenvalue weighted by Gasteiger charge is 2.22. The molecule has 0 aliphatic rings. The van der Waals surface area contributed by atoms with Crippen LogP contribution in [0.5, 0.6) is 0 Å². The summed E-state index contributed by atoms with van der Waals surface area (Å²) in [5, 5.41) is 0. The van der Waals surface area contributed by atoms with Gasteiger partial charge in [-0.15, -0.1) is 0 Å². The third kappa shape index (κ3) is 3.42. The average Bonchev–Trinajstić information content (AvgIpc) is 2.30. The number of benzene rings is 1. The van der Waals surface area contributed by atoms with Gasteiger partial charge in [0.05, 0.1) is 11.5 Å². The Bertz CT molecular complexity index is 442. The summed E-state index contributed by atoms with van der Waals surface area (Å²) in [6.45, 7) is 2.93. The maximum absolute atomic E-state index is 12.2. The van der Waals surface area contributed by atoms with Gasteiger partial charge < -0.3 is 10.5 Å². The molecule has 5 nitrogen and oxygen atoms in total. The van der Waals surface area contributed by atoms with E-state index in [1.54, 1.807) is 26.2 Å². The first-order valence-corrected chi connectivity index (χ1v) is 6.81. The fourth-order valence-electron chi connectivity index (χ4n) is 1.43. The van der Waals surface area contributed by atoms with E-state index in [0.29, 0.717) is 25.4 Å². The van der Waals surface area contributed by atoms with Crippen LogP contribution < -0.4 is 5.73 Å². The second-order valence-electron chi connectivity index (χ2n) is 3.56. The maximum atomic E-state index is 12.2. The number of ether oxygens (including phenoxy) is 1. The van der Waals surface area contributed by atoms with Crippen molar-refractivity contribution in [2.45, 2.75) is 11.8 Å². The van der Waals surface area contributed by atoms with Crippen LogP contribution in [0.1, 0.15) is 6.92 Å². The van der Waals surface area contributed by atoms with Gasteiger partial charge in [-0.2, -0.15) is 4.31 Å². The number of likely N-dealkylation sites (N-methyl/N-ethyl adjacent to an activating group) is 1. The molecule has 6 heteroatoms. The summed E-state index contributed by atoms with van der Waals surface area (Å²) in [5.74, 6) is 0. The molecule has 1 aromatic carbocycles. The zero-order valence-corrected chi connectivity index (χ0v) is 10.9. The molecule has 0 bridgehead atoms. The fraction of sp³-hybridized carbons (Fsp3) is 0.455. The number of nitrogen functional groups attached to an aromatic ring is 1. The van der Waals surface area contributed by atoms with Crippen molar-refractivity contribution in [3.8, 4) is 0 Å². The van der Waals surface area contributed by atoms with Gasteiger partial charge in [0.1, 0.15) is 0 Å². The zero-order chi connectivity index (χ0) is 12.9. The number of hydrogen-bond acceptors (Lipinski definition) is 4. The van der Waals surface area contributed by atoms with Crippen molar-refractivity contribution in [2.75, 3.05) is 32.5 Å². The van der Waals surface area contributed by atoms with Crippen LogP contribution in [0.15, 0.2) is 29.2 Å². The summed E-state index contributed by atoms with van der Waals surface area (Å²) in [6.07, 6.45) is 0. The molecule has 0 radical (unpaired) electrons. The van der Waals surface area contributed by atoms with Gasteiger partial charge in [-0.05, 0) is 24.3 Å². The molecule has 0 fully saturated rings. The predicted molar refractivity (Wildman–Crippen MR) is 67.2 cm³/mol. The van der Waals surface area contributed by atoms with Crippen molar-refractivity contribution in [3.63, 3.8) is 0 Å². The molecule has 0 saturated carbocycles. The molecule has 1 rings (SSSR count). The summed E-state index contributed by atoms with van der Waals surface area (Å²) >= 11 is 0. The average molecular weight is 258 g/mol. The van der Waals surface area contributed by atoms with E-state index in [0.717, 1.165) is 0 Å². The Balaban J connectivity index is 2.95. The van der Waals surface area contributed by atoms with Gasteiger partial charge in [0, 0.05) is 25.9 Å². The van der Waals surface area contributed by atoms with E-state index in [1.165, 1.54) is 16.4 Å². The van der Waals surface area contributed by atoms with Crippen LogP contribution in [0.4, 0.5) is 5.69 Å². The minimum Gasteiger partial charge on any atom is -0.399 e. The summed E-state index contributed by atoms with van der Waals surface area (Å²) < 4.78 is 30.7. The van der Waals surface area contributed by atoms with Gasteiger partial charge in [0.25, 0.3) is 0 Å². The highest BCUT2D eigenvalue weighted by molar-refractivity contribution is 7.89. The van der Waals surface area contributed by atoms with Crippen LogP contribution >= 0.6 is 0 Å². The van der Waals surface area contributed by atoms with Crippen LogP contribution in [0.2, 0.25) is 0 Å². The molecule has 0 saturated heterocycles. The Morgan fingerprint density at radius 3 is 2.35 bits per heavy atom. The van der Waals surface area contributed by atoms with Crippen LogP contribution in [-0.2, 0) is 14.8 Å². The minimum atomic E-state index is -3.44. The van der Waals surface area contributed by atoms with E-state index in [4.69, 9.17) is 10.5 Å². The molecule has 96 valence electrons. The van der Waals surface area contributed by atoms with Crippen LogP contribution in [0.25, 0.3) is 0 Å². The predicted octanol–water partition coefficient (Wildman–Crippen LogP) is 0.926. The van der Waals surface area contributed by atoms with Crippen LogP contribution in [-0.4, -0.2) is 39.5 Å². The topological polar surface area (TPSA) is 72.6 Å². The summed E-state index contributed by atoms with van der Waals surface area (Å²) in [4.78, 5) is 0.254. The normalized spacial score (nSPS) is 11.9. The molecular formula is C11H18N2O3S. The molecule has 0 aliphatic carbocycles. The number of nitrogens with two attached hydrogens (primary N) is 1. The number of nitrogens with zero attached hydrogens (tertiary/aromatic N) is 1. The number of sulfonamides is 1. The molecule has 1 aromatic rings. The third-order valence-corrected chi connectivity index (χ3v) is 4.40. The monoisotopic (exact) mass is 258 g/mol. The second kappa shape index (κ2) is 6.00. The fourth-order valence-corrected chi connectivity index (χ4v) is 2.86. The molecule has 2 N–H and O–H groups in total. The summed E-state index contributed by atoms with van der Waals surface area (Å²) in [5.41, 5.74) is 6.08. The van der Waals surface area contributed by atoms with Gasteiger partial charge in [0.2, 0.25) is 10.0 Å². The van der Waals surface area contributed by atoms with E-state index < -0.39 is 10.0 Å². The van der Waals surface area contributed by atoms with E-state index in [9.17, 15) is 8.42 Å². The summed E-state index contributed by atoms with van der Waals surface area (Å²) in [6, 6.07) is 6.19. The smallest absolute Gasteiger partial charge is 0.243 e. The van der Waals surface area contributed by atoms with Crippen molar-refractivity contribution < 1.29 is 13.2 Å². The minimum absolute atomic E-state index is 0.254. The van der Waals surface area contributed by atoms with Gasteiger partial charge in [-0.3, -0.25) is 0 Å². The van der Waals surface area contributed by atoms with Gasteiger partial charge in [-0.25, -0.2) is 8.42 Å². The summed E-state index contributed by atoms with van der Waals surface area (Å²) in [7, 11) is -1.90. The highest BCUT2D eigenvalue weighted by Crippen LogP contribution is 2.16. The molecule has 0 atom stereocenters. The Labute approximate surface area is 102 Å². The molecule has 0 unspecified atom stereocenters. The Morgan fingerprint density at radius 1 is 1.29 bits per heavy atom. The molecule has 0 aliphatic heterocycles. The Morgan fingerprint density at radius 2 is 1.88 bits per heavy atom. The van der Waals surface area contributed by atoms with E-state index >= 15 is 0 Å². The highest BCUT2D eigenvalue weighted by atomic mass is 32.2. The lowest BCUT2D eigenvalue weighted by molar-refractivity contribution is 0.180. The lowest BCUT2D eigenvalue weighted by Gasteiger charge is -2.20. The largest absolute Gasteiger partial charge is 0.399 e. The van der Waals surface area contributed by atoms with Gasteiger partial charge >= 0.3 is 0 Å². The zero-order valence-electron chi connectivity index (χ0n) is 10.1. The second-order valence-corrected chi connectivity index (χ2v) is 5.50. The number of rotatable bonds is 6. The standard InChI is InChI=1S/C11H18N2O3S/c1-3-13(8-9-16-2)17(14,15)11-6-4-10(12)5-7-11/h4-7H,3,8-9,12H2,1-2H3. The number of methoxy groups -OCH3 is 1. The molecule has 0 heterocycles. The van der Waals surface area contributed by atoms with E-state index in [2.05, 4.69) is 0 Å². The molecular weight excluding hydrogens is 240 g/mol. The van der Waals surface area contributed by atoms with Crippen LogP contribution in [0.3, 0.4) is 0 Å². The molecule has 0 aromatic heterocycles. The first-order valence-electron chi connectivity index (χ1n) is 5.37. The lowest BCUT2D eigenvalue weighted by atomic mass is 10.3. The van der Waals surface area contributed by atoms with E-state index in [-0.39, 0.29) is 4.90 Å². The Hall–Kier alpha value is -1.11. The number of anilines is 1. The van der Waals surface area contributed by atoms with Gasteiger partial charge in [-0.1, -0.05) is 6.92 Å². The van der Waals surface area contributed by atoms with Gasteiger partial charge in [0.15, 0.2) is 0 Å². The van der Waals surface area contributed by atoms with Crippen molar-refractivity contribution >= 4 is 15.7 Å². The first-order chi connectivity index (χ1) is 8.02. The third-order valence-electron chi connectivity index (χ3n) is 2.42. The van der Waals surface area contributed by atoms with E-state index in [1.807, 2.05) is 0 Å².